The zero-order valence-corrected chi connectivity index (χ0v) is 18.5. The maximum atomic E-state index is 13.1. The third kappa shape index (κ3) is 5.10. The van der Waals surface area contributed by atoms with Crippen LogP contribution in [-0.2, 0) is 16.0 Å². The Hall–Kier alpha value is -2.38. The van der Waals surface area contributed by atoms with Gasteiger partial charge in [0.15, 0.2) is 6.61 Å². The number of fused-ring (bicyclic) bond motifs is 1. The summed E-state index contributed by atoms with van der Waals surface area (Å²) in [7, 11) is 0. The number of hydrogen-bond donors (Lipinski definition) is 0. The number of hydrogen-bond acceptors (Lipinski definition) is 6. The lowest BCUT2D eigenvalue weighted by molar-refractivity contribution is -0.137. The second kappa shape index (κ2) is 9.83. The molecule has 1 unspecified atom stereocenters. The highest BCUT2D eigenvalue weighted by atomic mass is 16.5. The van der Waals surface area contributed by atoms with Crippen LogP contribution in [0.4, 0.5) is 0 Å². The molecule has 2 aromatic rings. The van der Waals surface area contributed by atoms with Crippen LogP contribution in [0, 0.1) is 6.92 Å². The molecule has 1 aromatic carbocycles. The number of carbonyl (C=O) groups is 1. The SMILES string of the molecule is CCc1cc(=O)oc2cc(C)cc(OCC(=O)N3CCCCC3CN3CCOCC3)c12. The predicted molar refractivity (Wildman–Crippen MR) is 119 cm³/mol. The molecular weight excluding hydrogens is 396 g/mol. The van der Waals surface area contributed by atoms with E-state index in [0.29, 0.717) is 17.8 Å². The summed E-state index contributed by atoms with van der Waals surface area (Å²) in [4.78, 5) is 29.4. The second-order valence-corrected chi connectivity index (χ2v) is 8.52. The number of aryl methyl sites for hydroxylation is 2. The lowest BCUT2D eigenvalue weighted by atomic mass is 10.0. The van der Waals surface area contributed by atoms with Crippen molar-refractivity contribution >= 4 is 16.9 Å². The van der Waals surface area contributed by atoms with Crippen molar-refractivity contribution in [3.05, 3.63) is 39.7 Å². The fourth-order valence-corrected chi connectivity index (χ4v) is 4.69. The van der Waals surface area contributed by atoms with Crippen LogP contribution in [0.25, 0.3) is 11.0 Å². The number of rotatable bonds is 6. The number of amides is 1. The van der Waals surface area contributed by atoms with Crippen LogP contribution in [0.2, 0.25) is 0 Å². The van der Waals surface area contributed by atoms with E-state index in [1.165, 1.54) is 6.07 Å². The highest BCUT2D eigenvalue weighted by Gasteiger charge is 2.29. The first-order valence-electron chi connectivity index (χ1n) is 11.3. The summed E-state index contributed by atoms with van der Waals surface area (Å²) < 4.78 is 16.9. The molecule has 2 aliphatic rings. The van der Waals surface area contributed by atoms with Gasteiger partial charge in [0.2, 0.25) is 0 Å². The molecule has 0 spiro atoms. The van der Waals surface area contributed by atoms with Crippen LogP contribution in [0.3, 0.4) is 0 Å². The molecule has 0 N–H and O–H groups in total. The Morgan fingerprint density at radius 3 is 2.74 bits per heavy atom. The standard InChI is InChI=1S/C24H32N2O5/c1-3-18-14-23(28)31-21-13-17(2)12-20(24(18)21)30-16-22(27)26-7-5-4-6-19(26)15-25-8-10-29-11-9-25/h12-14,19H,3-11,15-16H2,1-2H3. The molecule has 1 amide bonds. The molecule has 31 heavy (non-hydrogen) atoms. The Morgan fingerprint density at radius 2 is 1.97 bits per heavy atom. The molecule has 7 nitrogen and oxygen atoms in total. The van der Waals surface area contributed by atoms with Gasteiger partial charge in [0.05, 0.1) is 18.6 Å². The van der Waals surface area contributed by atoms with Crippen LogP contribution >= 0.6 is 0 Å². The monoisotopic (exact) mass is 428 g/mol. The quantitative estimate of drug-likeness (QED) is 0.659. The summed E-state index contributed by atoms with van der Waals surface area (Å²) in [6, 6.07) is 5.49. The van der Waals surface area contributed by atoms with Crippen molar-refractivity contribution in [1.29, 1.82) is 0 Å². The molecule has 7 heteroatoms. The molecule has 2 aliphatic heterocycles. The zero-order chi connectivity index (χ0) is 21.8. The molecule has 2 saturated heterocycles. The molecule has 0 saturated carbocycles. The number of benzene rings is 1. The van der Waals surface area contributed by atoms with Crippen molar-refractivity contribution in [2.45, 2.75) is 45.6 Å². The highest BCUT2D eigenvalue weighted by Crippen LogP contribution is 2.30. The Kier molecular flexibility index (Phi) is 6.92. The van der Waals surface area contributed by atoms with Crippen LogP contribution in [0.15, 0.2) is 27.4 Å². The molecule has 3 heterocycles. The summed E-state index contributed by atoms with van der Waals surface area (Å²) in [6.07, 6.45) is 3.90. The van der Waals surface area contributed by atoms with E-state index in [1.807, 2.05) is 30.9 Å². The number of nitrogens with zero attached hydrogens (tertiary/aromatic N) is 2. The molecule has 0 radical (unpaired) electrons. The molecule has 1 atom stereocenters. The number of piperidine rings is 1. The first-order valence-corrected chi connectivity index (χ1v) is 11.3. The summed E-state index contributed by atoms with van der Waals surface area (Å²) in [6.45, 7) is 8.96. The largest absolute Gasteiger partial charge is 0.483 e. The van der Waals surface area contributed by atoms with Gasteiger partial charge in [-0.15, -0.1) is 0 Å². The van der Waals surface area contributed by atoms with Crippen molar-refractivity contribution in [2.75, 3.05) is 46.0 Å². The van der Waals surface area contributed by atoms with Gasteiger partial charge in [0.1, 0.15) is 11.3 Å². The summed E-state index contributed by atoms with van der Waals surface area (Å²) in [5.74, 6) is 0.619. The van der Waals surface area contributed by atoms with Gasteiger partial charge in [0.25, 0.3) is 5.91 Å². The van der Waals surface area contributed by atoms with E-state index < -0.39 is 0 Å². The fraction of sp³-hybridized carbons (Fsp3) is 0.583. The van der Waals surface area contributed by atoms with Gasteiger partial charge in [0, 0.05) is 38.3 Å². The first kappa shape index (κ1) is 21.8. The van der Waals surface area contributed by atoms with Gasteiger partial charge in [-0.05, 0) is 55.9 Å². The lowest BCUT2D eigenvalue weighted by Crippen LogP contribution is -2.52. The van der Waals surface area contributed by atoms with Gasteiger partial charge < -0.3 is 18.8 Å². The summed E-state index contributed by atoms with van der Waals surface area (Å²) in [5, 5.41) is 0.781. The number of ether oxygens (including phenoxy) is 2. The fourth-order valence-electron chi connectivity index (χ4n) is 4.69. The predicted octanol–water partition coefficient (Wildman–Crippen LogP) is 2.76. The Labute approximate surface area is 182 Å². The molecule has 1 aromatic heterocycles. The Balaban J connectivity index is 1.49. The molecular formula is C24H32N2O5. The van der Waals surface area contributed by atoms with E-state index in [1.54, 1.807) is 0 Å². The maximum absolute atomic E-state index is 13.1. The molecule has 0 bridgehead atoms. The maximum Gasteiger partial charge on any atom is 0.336 e. The lowest BCUT2D eigenvalue weighted by Gasteiger charge is -2.39. The van der Waals surface area contributed by atoms with Crippen molar-refractivity contribution in [2.24, 2.45) is 0 Å². The molecule has 4 rings (SSSR count). The summed E-state index contributed by atoms with van der Waals surface area (Å²) in [5.41, 5.74) is 1.94. The Morgan fingerprint density at radius 1 is 1.16 bits per heavy atom. The van der Waals surface area contributed by atoms with E-state index in [9.17, 15) is 9.59 Å². The molecule has 168 valence electrons. The smallest absolute Gasteiger partial charge is 0.336 e. The minimum Gasteiger partial charge on any atom is -0.483 e. The number of carbonyl (C=O) groups excluding carboxylic acids is 1. The number of likely N-dealkylation sites (tertiary alicyclic amines) is 1. The minimum atomic E-state index is -0.365. The normalized spacial score (nSPS) is 20.2. The van der Waals surface area contributed by atoms with Gasteiger partial charge in [-0.25, -0.2) is 4.79 Å². The van der Waals surface area contributed by atoms with Crippen LogP contribution in [0.5, 0.6) is 5.75 Å². The van der Waals surface area contributed by atoms with Gasteiger partial charge >= 0.3 is 5.63 Å². The third-order valence-corrected chi connectivity index (χ3v) is 6.29. The van der Waals surface area contributed by atoms with Gasteiger partial charge in [-0.3, -0.25) is 9.69 Å². The Bertz CT molecular complexity index is 980. The van der Waals surface area contributed by atoms with Crippen molar-refractivity contribution < 1.29 is 18.7 Å². The van der Waals surface area contributed by atoms with E-state index in [4.69, 9.17) is 13.9 Å². The van der Waals surface area contributed by atoms with Gasteiger partial charge in [-0.2, -0.15) is 0 Å². The van der Waals surface area contributed by atoms with Crippen LogP contribution in [-0.4, -0.2) is 67.7 Å². The second-order valence-electron chi connectivity index (χ2n) is 8.52. The van der Waals surface area contributed by atoms with E-state index in [0.717, 1.165) is 75.2 Å². The first-order chi connectivity index (χ1) is 15.0. The average Bonchev–Trinajstić information content (AvgIpc) is 2.77. The van der Waals surface area contributed by atoms with Crippen molar-refractivity contribution in [3.8, 4) is 5.75 Å². The van der Waals surface area contributed by atoms with Gasteiger partial charge in [-0.1, -0.05) is 6.92 Å². The summed E-state index contributed by atoms with van der Waals surface area (Å²) >= 11 is 0. The van der Waals surface area contributed by atoms with Crippen molar-refractivity contribution in [1.82, 2.24) is 9.80 Å². The molecule has 0 aliphatic carbocycles. The minimum absolute atomic E-state index is 0.0134. The van der Waals surface area contributed by atoms with Crippen molar-refractivity contribution in [3.63, 3.8) is 0 Å². The number of morpholine rings is 1. The van der Waals surface area contributed by atoms with Crippen LogP contribution in [0.1, 0.15) is 37.3 Å². The van der Waals surface area contributed by atoms with Crippen LogP contribution < -0.4 is 10.4 Å². The highest BCUT2D eigenvalue weighted by molar-refractivity contribution is 5.88. The van der Waals surface area contributed by atoms with E-state index in [-0.39, 0.29) is 24.2 Å². The van der Waals surface area contributed by atoms with E-state index >= 15 is 0 Å². The average molecular weight is 429 g/mol. The van der Waals surface area contributed by atoms with E-state index in [2.05, 4.69) is 4.90 Å². The topological polar surface area (TPSA) is 72.2 Å². The zero-order valence-electron chi connectivity index (χ0n) is 18.5. The molecule has 2 fully saturated rings. The third-order valence-electron chi connectivity index (χ3n) is 6.29.